The zero-order valence-electron chi connectivity index (χ0n) is 13.5. The molecule has 2 fully saturated rings. The maximum Gasteiger partial charge on any atom is 0.313 e. The second-order valence-corrected chi connectivity index (χ2v) is 6.52. The van der Waals surface area contributed by atoms with E-state index in [4.69, 9.17) is 4.74 Å². The monoisotopic (exact) mass is 318 g/mol. The number of benzene rings is 1. The van der Waals surface area contributed by atoms with E-state index in [9.17, 15) is 14.7 Å². The number of hydrogen-bond acceptors (Lipinski definition) is 4. The van der Waals surface area contributed by atoms with E-state index in [1.54, 1.807) is 4.90 Å². The lowest BCUT2D eigenvalue weighted by Crippen LogP contribution is -2.40. The maximum atomic E-state index is 12.4. The van der Waals surface area contributed by atoms with Crippen molar-refractivity contribution in [2.24, 2.45) is 11.3 Å². The minimum Gasteiger partial charge on any atom is -0.491 e. The summed E-state index contributed by atoms with van der Waals surface area (Å²) in [5, 5.41) is 12.6. The van der Waals surface area contributed by atoms with Crippen molar-refractivity contribution in [2.75, 3.05) is 32.8 Å². The van der Waals surface area contributed by atoms with Crippen LogP contribution in [0.1, 0.15) is 11.1 Å². The predicted molar refractivity (Wildman–Crippen MR) is 84.4 cm³/mol. The van der Waals surface area contributed by atoms with Gasteiger partial charge in [0.25, 0.3) is 0 Å². The van der Waals surface area contributed by atoms with Crippen molar-refractivity contribution >= 4 is 11.9 Å². The molecule has 0 unspecified atom stereocenters. The number of amides is 1. The van der Waals surface area contributed by atoms with Gasteiger partial charge in [-0.2, -0.15) is 0 Å². The van der Waals surface area contributed by atoms with Gasteiger partial charge in [0.1, 0.15) is 17.8 Å². The Balaban J connectivity index is 1.61. The number of carboxylic acid groups (broad SMARTS) is 1. The molecule has 0 spiro atoms. The first kappa shape index (κ1) is 15.8. The smallest absolute Gasteiger partial charge is 0.313 e. The first-order chi connectivity index (χ1) is 10.9. The molecule has 124 valence electrons. The van der Waals surface area contributed by atoms with Crippen LogP contribution in [0.2, 0.25) is 0 Å². The van der Waals surface area contributed by atoms with Crippen LogP contribution in [-0.2, 0) is 9.59 Å². The van der Waals surface area contributed by atoms with Gasteiger partial charge in [0.05, 0.1) is 12.5 Å². The molecule has 2 heterocycles. The number of nitrogens with one attached hydrogen (secondary N) is 1. The molecule has 2 aliphatic heterocycles. The molecule has 6 heteroatoms. The van der Waals surface area contributed by atoms with E-state index in [2.05, 4.69) is 5.32 Å². The Kier molecular flexibility index (Phi) is 4.02. The molecule has 2 atom stereocenters. The number of rotatable bonds is 5. The summed E-state index contributed by atoms with van der Waals surface area (Å²) in [6.07, 6.45) is 0. The Hall–Kier alpha value is -2.08. The highest BCUT2D eigenvalue weighted by Gasteiger charge is 2.59. The van der Waals surface area contributed by atoms with Crippen LogP contribution < -0.4 is 10.1 Å². The van der Waals surface area contributed by atoms with E-state index in [0.29, 0.717) is 26.2 Å². The number of aliphatic carboxylic acids is 1. The zero-order valence-corrected chi connectivity index (χ0v) is 13.5. The molecule has 3 rings (SSSR count). The molecule has 1 amide bonds. The van der Waals surface area contributed by atoms with Crippen molar-refractivity contribution < 1.29 is 19.4 Å². The van der Waals surface area contributed by atoms with E-state index in [1.807, 2.05) is 32.0 Å². The van der Waals surface area contributed by atoms with Gasteiger partial charge in [-0.15, -0.1) is 0 Å². The second-order valence-electron chi connectivity index (χ2n) is 6.52. The number of aryl methyl sites for hydroxylation is 2. The highest BCUT2D eigenvalue weighted by Crippen LogP contribution is 2.40. The Morgan fingerprint density at radius 2 is 2.26 bits per heavy atom. The fourth-order valence-corrected chi connectivity index (χ4v) is 3.60. The number of nitrogens with zero attached hydrogens (tertiary/aromatic N) is 1. The molecule has 0 radical (unpaired) electrons. The van der Waals surface area contributed by atoms with E-state index < -0.39 is 17.3 Å². The summed E-state index contributed by atoms with van der Waals surface area (Å²) in [4.78, 5) is 25.7. The summed E-state index contributed by atoms with van der Waals surface area (Å²) in [6, 6.07) is 5.96. The zero-order chi connectivity index (χ0) is 16.6. The third-order valence-electron chi connectivity index (χ3n) is 4.91. The van der Waals surface area contributed by atoms with Crippen LogP contribution in [-0.4, -0.2) is 54.7 Å². The largest absolute Gasteiger partial charge is 0.491 e. The van der Waals surface area contributed by atoms with E-state index in [1.165, 1.54) is 5.56 Å². The van der Waals surface area contributed by atoms with Gasteiger partial charge in [0.2, 0.25) is 5.91 Å². The van der Waals surface area contributed by atoms with Crippen molar-refractivity contribution in [3.05, 3.63) is 29.3 Å². The fourth-order valence-electron chi connectivity index (χ4n) is 3.60. The summed E-state index contributed by atoms with van der Waals surface area (Å²) in [5.41, 5.74) is 1.26. The van der Waals surface area contributed by atoms with Crippen molar-refractivity contribution in [1.29, 1.82) is 0 Å². The van der Waals surface area contributed by atoms with Gasteiger partial charge in [-0.3, -0.25) is 9.59 Å². The van der Waals surface area contributed by atoms with Crippen molar-refractivity contribution in [1.82, 2.24) is 10.2 Å². The van der Waals surface area contributed by atoms with Gasteiger partial charge in [0.15, 0.2) is 0 Å². The van der Waals surface area contributed by atoms with Gasteiger partial charge in [-0.1, -0.05) is 17.7 Å². The molecule has 0 aromatic heterocycles. The summed E-state index contributed by atoms with van der Waals surface area (Å²) in [7, 11) is 0. The fraction of sp³-hybridized carbons (Fsp3) is 0.529. The first-order valence-corrected chi connectivity index (χ1v) is 7.87. The molecule has 1 aromatic rings. The summed E-state index contributed by atoms with van der Waals surface area (Å²) >= 11 is 0. The topological polar surface area (TPSA) is 78.9 Å². The molecule has 0 saturated carbocycles. The molecule has 6 nitrogen and oxygen atoms in total. The van der Waals surface area contributed by atoms with Crippen LogP contribution in [0, 0.1) is 25.2 Å². The average molecular weight is 318 g/mol. The standard InChI is InChI=1S/C17H22N2O4/c1-11-3-4-14(12(2)7-11)23-6-5-19-10-17(16(21)22)9-18-8-13(17)15(19)20/h3-4,7,13,18H,5-6,8-10H2,1-2H3,(H,21,22)/t13-,17-/m0/s1. The number of likely N-dealkylation sites (tertiary alicyclic amines) is 1. The predicted octanol–water partition coefficient (Wildman–Crippen LogP) is 0.815. The minimum absolute atomic E-state index is 0.0818. The van der Waals surface area contributed by atoms with Crippen LogP contribution in [0.3, 0.4) is 0 Å². The molecular weight excluding hydrogens is 296 g/mol. The lowest BCUT2D eigenvalue weighted by atomic mass is 9.81. The highest BCUT2D eigenvalue weighted by atomic mass is 16.5. The Morgan fingerprint density at radius 3 is 2.91 bits per heavy atom. The molecule has 2 N–H and O–H groups in total. The van der Waals surface area contributed by atoms with Crippen LogP contribution >= 0.6 is 0 Å². The van der Waals surface area contributed by atoms with Gasteiger partial charge in [-0.25, -0.2) is 0 Å². The summed E-state index contributed by atoms with van der Waals surface area (Å²) in [5.74, 6) is -0.626. The number of hydrogen-bond donors (Lipinski definition) is 2. The van der Waals surface area contributed by atoms with Crippen molar-refractivity contribution in [2.45, 2.75) is 13.8 Å². The van der Waals surface area contributed by atoms with Crippen LogP contribution in [0.5, 0.6) is 5.75 Å². The van der Waals surface area contributed by atoms with Crippen LogP contribution in [0.4, 0.5) is 0 Å². The Bertz CT molecular complexity index is 645. The van der Waals surface area contributed by atoms with Crippen molar-refractivity contribution in [3.63, 3.8) is 0 Å². The van der Waals surface area contributed by atoms with E-state index in [0.717, 1.165) is 11.3 Å². The van der Waals surface area contributed by atoms with E-state index in [-0.39, 0.29) is 12.5 Å². The number of fused-ring (bicyclic) bond motifs is 1. The molecule has 2 aliphatic rings. The first-order valence-electron chi connectivity index (χ1n) is 7.87. The van der Waals surface area contributed by atoms with Crippen LogP contribution in [0.15, 0.2) is 18.2 Å². The minimum atomic E-state index is -0.975. The third kappa shape index (κ3) is 2.67. The van der Waals surface area contributed by atoms with Gasteiger partial charge in [0, 0.05) is 19.6 Å². The molecule has 1 aromatic carbocycles. The lowest BCUT2D eigenvalue weighted by Gasteiger charge is -2.22. The third-order valence-corrected chi connectivity index (χ3v) is 4.91. The van der Waals surface area contributed by atoms with Crippen LogP contribution in [0.25, 0.3) is 0 Å². The van der Waals surface area contributed by atoms with Gasteiger partial charge < -0.3 is 20.1 Å². The average Bonchev–Trinajstić information content (AvgIpc) is 3.02. The molecule has 0 bridgehead atoms. The van der Waals surface area contributed by atoms with E-state index >= 15 is 0 Å². The Labute approximate surface area is 135 Å². The normalized spacial score (nSPS) is 26.4. The molecule has 0 aliphatic carbocycles. The van der Waals surface area contributed by atoms with Crippen molar-refractivity contribution in [3.8, 4) is 5.75 Å². The number of carboxylic acids is 1. The molecule has 2 saturated heterocycles. The summed E-state index contributed by atoms with van der Waals surface area (Å²) in [6.45, 7) is 5.85. The molecular formula is C17H22N2O4. The maximum absolute atomic E-state index is 12.4. The SMILES string of the molecule is Cc1ccc(OCCN2C[C@@]3(C(=O)O)CNC[C@H]3C2=O)c(C)c1. The highest BCUT2D eigenvalue weighted by molar-refractivity contribution is 5.92. The second kappa shape index (κ2) is 5.85. The van der Waals surface area contributed by atoms with Gasteiger partial charge in [-0.05, 0) is 25.5 Å². The summed E-state index contributed by atoms with van der Waals surface area (Å²) < 4.78 is 5.76. The van der Waals surface area contributed by atoms with Gasteiger partial charge >= 0.3 is 5.97 Å². The number of carbonyl (C=O) groups is 2. The number of ether oxygens (including phenoxy) is 1. The lowest BCUT2D eigenvalue weighted by molar-refractivity contribution is -0.149. The quantitative estimate of drug-likeness (QED) is 0.840. The number of carbonyl (C=O) groups excluding carboxylic acids is 1. The molecule has 23 heavy (non-hydrogen) atoms. The Morgan fingerprint density at radius 1 is 1.48 bits per heavy atom.